The van der Waals surface area contributed by atoms with Gasteiger partial charge in [0.25, 0.3) is 0 Å². The van der Waals surface area contributed by atoms with Crippen molar-refractivity contribution in [2.45, 2.75) is 13.8 Å². The van der Waals surface area contributed by atoms with Crippen molar-refractivity contribution in [3.05, 3.63) is 34.7 Å². The average Bonchev–Trinajstić information content (AvgIpc) is 2.72. The van der Waals surface area contributed by atoms with E-state index in [-0.39, 0.29) is 5.97 Å². The number of anilines is 1. The van der Waals surface area contributed by atoms with Gasteiger partial charge in [0.2, 0.25) is 0 Å². The molecule has 1 aromatic heterocycles. The van der Waals surface area contributed by atoms with Crippen LogP contribution in [0.15, 0.2) is 24.3 Å². The van der Waals surface area contributed by atoms with Gasteiger partial charge in [-0.05, 0) is 19.9 Å². The van der Waals surface area contributed by atoms with Gasteiger partial charge in [0.05, 0.1) is 12.3 Å². The van der Waals surface area contributed by atoms with Crippen LogP contribution >= 0.6 is 11.3 Å². The van der Waals surface area contributed by atoms with Crippen molar-refractivity contribution in [3.8, 4) is 11.3 Å². The molecule has 0 atom stereocenters. The van der Waals surface area contributed by atoms with Crippen molar-refractivity contribution in [2.75, 3.05) is 12.3 Å². The summed E-state index contributed by atoms with van der Waals surface area (Å²) in [5.41, 5.74) is 8.27. The Bertz CT molecular complexity index is 578. The van der Waals surface area contributed by atoms with Crippen molar-refractivity contribution in [2.24, 2.45) is 0 Å². The van der Waals surface area contributed by atoms with E-state index >= 15 is 0 Å². The lowest BCUT2D eigenvalue weighted by Gasteiger charge is -2.03. The number of hydrogen-bond acceptors (Lipinski definition) is 5. The highest BCUT2D eigenvalue weighted by molar-refractivity contribution is 7.17. The summed E-state index contributed by atoms with van der Waals surface area (Å²) in [7, 11) is 0. The van der Waals surface area contributed by atoms with Gasteiger partial charge in [-0.25, -0.2) is 9.78 Å². The molecule has 0 saturated carbocycles. The molecule has 0 radical (unpaired) electrons. The van der Waals surface area contributed by atoms with Gasteiger partial charge in [0.1, 0.15) is 4.88 Å². The van der Waals surface area contributed by atoms with E-state index in [1.807, 2.05) is 31.2 Å². The smallest absolute Gasteiger partial charge is 0.350 e. The minimum Gasteiger partial charge on any atom is -0.462 e. The summed E-state index contributed by atoms with van der Waals surface area (Å²) in [6.07, 6.45) is 0. The second-order valence-corrected chi connectivity index (χ2v) is 4.85. The summed E-state index contributed by atoms with van der Waals surface area (Å²) in [5.74, 6) is -0.372. The number of hydrogen-bond donors (Lipinski definition) is 1. The number of esters is 1. The third-order valence-corrected chi connectivity index (χ3v) is 3.26. The Balaban J connectivity index is 2.47. The number of nitrogen functional groups attached to an aromatic ring is 1. The van der Waals surface area contributed by atoms with Crippen LogP contribution in [0.25, 0.3) is 11.3 Å². The number of nitrogens with zero attached hydrogens (tertiary/aromatic N) is 1. The summed E-state index contributed by atoms with van der Waals surface area (Å²) < 4.78 is 5.01. The third kappa shape index (κ3) is 2.51. The second-order valence-electron chi connectivity index (χ2n) is 3.82. The molecular formula is C13H14N2O2S. The lowest BCUT2D eigenvalue weighted by molar-refractivity contribution is 0.0532. The van der Waals surface area contributed by atoms with Gasteiger partial charge in [0, 0.05) is 5.56 Å². The highest BCUT2D eigenvalue weighted by atomic mass is 32.1. The Kier molecular flexibility index (Phi) is 3.62. The van der Waals surface area contributed by atoms with Crippen LogP contribution in [-0.4, -0.2) is 17.6 Å². The van der Waals surface area contributed by atoms with E-state index < -0.39 is 0 Å². The number of benzene rings is 1. The van der Waals surface area contributed by atoms with Gasteiger partial charge in [-0.3, -0.25) is 0 Å². The van der Waals surface area contributed by atoms with Gasteiger partial charge < -0.3 is 10.5 Å². The lowest BCUT2D eigenvalue weighted by atomic mass is 10.1. The fourth-order valence-electron chi connectivity index (χ4n) is 1.66. The molecule has 1 heterocycles. The van der Waals surface area contributed by atoms with E-state index in [1.165, 1.54) is 0 Å². The minimum absolute atomic E-state index is 0.337. The normalized spacial score (nSPS) is 10.3. The van der Waals surface area contributed by atoms with Gasteiger partial charge >= 0.3 is 5.97 Å². The summed E-state index contributed by atoms with van der Waals surface area (Å²) in [4.78, 5) is 16.5. The van der Waals surface area contributed by atoms with Crippen LogP contribution in [0.1, 0.15) is 22.2 Å². The van der Waals surface area contributed by atoms with Crippen molar-refractivity contribution < 1.29 is 9.53 Å². The molecule has 94 valence electrons. The first-order valence-corrected chi connectivity index (χ1v) is 6.44. The van der Waals surface area contributed by atoms with Crippen molar-refractivity contribution in [1.82, 2.24) is 4.98 Å². The van der Waals surface area contributed by atoms with Crippen LogP contribution in [0.5, 0.6) is 0 Å². The number of nitrogens with two attached hydrogens (primary N) is 1. The van der Waals surface area contributed by atoms with E-state index in [9.17, 15) is 4.79 Å². The van der Waals surface area contributed by atoms with Gasteiger partial charge in [0.15, 0.2) is 5.13 Å². The van der Waals surface area contributed by atoms with E-state index in [1.54, 1.807) is 6.92 Å². The van der Waals surface area contributed by atoms with Crippen molar-refractivity contribution >= 4 is 22.4 Å². The molecule has 0 unspecified atom stereocenters. The molecule has 2 aromatic rings. The molecule has 0 spiro atoms. The maximum Gasteiger partial charge on any atom is 0.350 e. The molecule has 0 bridgehead atoms. The van der Waals surface area contributed by atoms with E-state index in [0.717, 1.165) is 22.5 Å². The first-order valence-electron chi connectivity index (χ1n) is 5.62. The molecule has 0 fully saturated rings. The number of aromatic nitrogens is 1. The lowest BCUT2D eigenvalue weighted by Crippen LogP contribution is -2.03. The fourth-order valence-corrected chi connectivity index (χ4v) is 2.41. The van der Waals surface area contributed by atoms with E-state index in [2.05, 4.69) is 4.98 Å². The monoisotopic (exact) mass is 262 g/mol. The summed E-state index contributed by atoms with van der Waals surface area (Å²) in [5, 5.41) is 0.370. The number of thiazole rings is 1. The van der Waals surface area contributed by atoms with Crippen LogP contribution in [0.2, 0.25) is 0 Å². The molecule has 4 nitrogen and oxygen atoms in total. The molecule has 1 aromatic carbocycles. The van der Waals surface area contributed by atoms with Crippen LogP contribution in [-0.2, 0) is 4.74 Å². The molecule has 2 N–H and O–H groups in total. The zero-order chi connectivity index (χ0) is 13.1. The molecular weight excluding hydrogens is 248 g/mol. The van der Waals surface area contributed by atoms with Gasteiger partial charge in [-0.2, -0.15) is 0 Å². The molecule has 0 aliphatic rings. The molecule has 5 heteroatoms. The van der Waals surface area contributed by atoms with Crippen LogP contribution in [0.4, 0.5) is 5.13 Å². The minimum atomic E-state index is -0.372. The van der Waals surface area contributed by atoms with Crippen LogP contribution in [0, 0.1) is 6.92 Å². The number of aryl methyl sites for hydroxylation is 1. The molecule has 0 aliphatic carbocycles. The highest BCUT2D eigenvalue weighted by Crippen LogP contribution is 2.30. The average molecular weight is 262 g/mol. The zero-order valence-corrected chi connectivity index (χ0v) is 11.1. The van der Waals surface area contributed by atoms with Crippen LogP contribution in [0.3, 0.4) is 0 Å². The number of carbonyl (C=O) groups is 1. The second kappa shape index (κ2) is 5.18. The highest BCUT2D eigenvalue weighted by Gasteiger charge is 2.19. The number of carbonyl (C=O) groups excluding carboxylic acids is 1. The molecule has 2 rings (SSSR count). The third-order valence-electron chi connectivity index (χ3n) is 2.40. The summed E-state index contributed by atoms with van der Waals surface area (Å²) in [6, 6.07) is 7.79. The largest absolute Gasteiger partial charge is 0.462 e. The number of rotatable bonds is 3. The molecule has 18 heavy (non-hydrogen) atoms. The zero-order valence-electron chi connectivity index (χ0n) is 10.3. The van der Waals surface area contributed by atoms with E-state index in [0.29, 0.717) is 22.3 Å². The molecule has 0 saturated heterocycles. The maximum atomic E-state index is 11.8. The van der Waals surface area contributed by atoms with Crippen LogP contribution < -0.4 is 5.73 Å². The maximum absolute atomic E-state index is 11.8. The first-order chi connectivity index (χ1) is 8.61. The Labute approximate surface area is 109 Å². The Morgan fingerprint density at radius 1 is 1.50 bits per heavy atom. The standard InChI is InChI=1S/C13H14N2O2S/c1-3-17-12(16)11-10(15-13(14)18-11)9-6-4-5-8(2)7-9/h4-7H,3H2,1-2H3,(H2,14,15). The predicted octanol–water partition coefficient (Wildman–Crippen LogP) is 2.88. The summed E-state index contributed by atoms with van der Waals surface area (Å²) >= 11 is 1.16. The molecule has 0 amide bonds. The topological polar surface area (TPSA) is 65.2 Å². The SMILES string of the molecule is CCOC(=O)c1sc(N)nc1-c1cccc(C)c1. The quantitative estimate of drug-likeness (QED) is 0.864. The van der Waals surface area contributed by atoms with Gasteiger partial charge in [-0.15, -0.1) is 0 Å². The fraction of sp³-hybridized carbons (Fsp3) is 0.231. The van der Waals surface area contributed by atoms with Crippen molar-refractivity contribution in [3.63, 3.8) is 0 Å². The first kappa shape index (κ1) is 12.6. The van der Waals surface area contributed by atoms with Gasteiger partial charge in [-0.1, -0.05) is 35.1 Å². The summed E-state index contributed by atoms with van der Waals surface area (Å²) in [6.45, 7) is 4.10. The molecule has 0 aliphatic heterocycles. The Morgan fingerprint density at radius 2 is 2.28 bits per heavy atom. The predicted molar refractivity (Wildman–Crippen MR) is 72.7 cm³/mol. The van der Waals surface area contributed by atoms with Crippen molar-refractivity contribution in [1.29, 1.82) is 0 Å². The van der Waals surface area contributed by atoms with E-state index in [4.69, 9.17) is 10.5 Å². The Morgan fingerprint density at radius 3 is 2.94 bits per heavy atom. The number of ether oxygens (including phenoxy) is 1. The Hall–Kier alpha value is -1.88.